The van der Waals surface area contributed by atoms with E-state index in [4.69, 9.17) is 9.47 Å². The van der Waals surface area contributed by atoms with Crippen molar-refractivity contribution in [2.45, 2.75) is 25.9 Å². The molecule has 1 aromatic carbocycles. The summed E-state index contributed by atoms with van der Waals surface area (Å²) in [4.78, 5) is 39.6. The Morgan fingerprint density at radius 3 is 2.41 bits per heavy atom. The maximum Gasteiger partial charge on any atom is 0.309 e. The molecule has 0 bridgehead atoms. The summed E-state index contributed by atoms with van der Waals surface area (Å²) in [5, 5.41) is 4.59. The Morgan fingerprint density at radius 1 is 1.14 bits per heavy atom. The number of hydrogen-bond acceptors (Lipinski definition) is 6. The third-order valence-electron chi connectivity index (χ3n) is 4.87. The van der Waals surface area contributed by atoms with Crippen LogP contribution in [-0.2, 0) is 14.3 Å². The summed E-state index contributed by atoms with van der Waals surface area (Å²) >= 11 is 1.41. The van der Waals surface area contributed by atoms with E-state index < -0.39 is 18.0 Å². The smallest absolute Gasteiger partial charge is 0.309 e. The molecule has 1 aliphatic rings. The number of nitrogens with one attached hydrogen (secondary N) is 1. The number of thiophene rings is 1. The van der Waals surface area contributed by atoms with E-state index in [2.05, 4.69) is 5.32 Å². The van der Waals surface area contributed by atoms with Crippen molar-refractivity contribution in [3.8, 4) is 5.75 Å². The van der Waals surface area contributed by atoms with Crippen molar-refractivity contribution in [3.63, 3.8) is 0 Å². The van der Waals surface area contributed by atoms with Crippen LogP contribution >= 0.6 is 11.3 Å². The third-order valence-corrected chi connectivity index (χ3v) is 5.73. The van der Waals surface area contributed by atoms with E-state index in [0.717, 1.165) is 0 Å². The molecule has 8 heteroatoms. The zero-order chi connectivity index (χ0) is 20.8. The number of nitrogens with zero attached hydrogens (tertiary/aromatic N) is 1. The van der Waals surface area contributed by atoms with E-state index >= 15 is 0 Å². The highest BCUT2D eigenvalue weighted by Crippen LogP contribution is 2.22. The third kappa shape index (κ3) is 5.35. The molecule has 1 saturated heterocycles. The van der Waals surface area contributed by atoms with Crippen molar-refractivity contribution in [2.24, 2.45) is 5.92 Å². The van der Waals surface area contributed by atoms with Crippen molar-refractivity contribution in [2.75, 3.05) is 25.5 Å². The molecule has 0 saturated carbocycles. The predicted octanol–water partition coefficient (Wildman–Crippen LogP) is 3.18. The normalized spacial score (nSPS) is 15.4. The molecule has 1 fully saturated rings. The van der Waals surface area contributed by atoms with E-state index in [1.807, 2.05) is 11.4 Å². The van der Waals surface area contributed by atoms with Crippen molar-refractivity contribution in [1.82, 2.24) is 4.90 Å². The van der Waals surface area contributed by atoms with Gasteiger partial charge in [0.1, 0.15) is 5.75 Å². The molecule has 0 radical (unpaired) electrons. The number of methoxy groups -OCH3 is 1. The van der Waals surface area contributed by atoms with E-state index in [1.165, 1.54) is 11.3 Å². The number of carbonyl (C=O) groups is 3. The van der Waals surface area contributed by atoms with E-state index in [9.17, 15) is 14.4 Å². The first-order chi connectivity index (χ1) is 14.0. The summed E-state index contributed by atoms with van der Waals surface area (Å²) in [5.74, 6) is -0.413. The second-order valence-corrected chi connectivity index (χ2v) is 7.79. The van der Waals surface area contributed by atoms with Gasteiger partial charge in [-0.05, 0) is 55.5 Å². The minimum absolute atomic E-state index is 0.000875. The lowest BCUT2D eigenvalue weighted by atomic mass is 9.97. The molecule has 1 aromatic heterocycles. The van der Waals surface area contributed by atoms with Gasteiger partial charge in [0.25, 0.3) is 11.8 Å². The van der Waals surface area contributed by atoms with Crippen LogP contribution in [0.1, 0.15) is 29.4 Å². The lowest BCUT2D eigenvalue weighted by Crippen LogP contribution is -2.41. The number of benzene rings is 1. The lowest BCUT2D eigenvalue weighted by Gasteiger charge is -2.31. The number of piperidine rings is 1. The Bertz CT molecular complexity index is 842. The van der Waals surface area contributed by atoms with E-state index in [0.29, 0.717) is 42.2 Å². The second kappa shape index (κ2) is 9.56. The zero-order valence-electron chi connectivity index (χ0n) is 16.4. The monoisotopic (exact) mass is 416 g/mol. The van der Waals surface area contributed by atoms with Gasteiger partial charge in [0.2, 0.25) is 0 Å². The van der Waals surface area contributed by atoms with Gasteiger partial charge in [0.05, 0.1) is 17.9 Å². The van der Waals surface area contributed by atoms with E-state index in [1.54, 1.807) is 49.3 Å². The van der Waals surface area contributed by atoms with Crippen molar-refractivity contribution in [1.29, 1.82) is 0 Å². The fourth-order valence-electron chi connectivity index (χ4n) is 3.12. The standard InChI is InChI=1S/C21H24N2O5S/c1-14(19(24)22-16-5-7-17(27-2)8-6-16)28-21(26)15-9-11-23(12-10-15)20(25)18-4-3-13-29-18/h3-8,13-15H,9-12H2,1-2H3,(H,22,24)/t14-/m1/s1. The number of carbonyl (C=O) groups excluding carboxylic acids is 3. The first kappa shape index (κ1) is 20.9. The molecule has 154 valence electrons. The van der Waals surface area contributed by atoms with Crippen LogP contribution in [0.15, 0.2) is 41.8 Å². The number of anilines is 1. The summed E-state index contributed by atoms with van der Waals surface area (Å²) in [6.07, 6.45) is 0.154. The molecule has 3 rings (SSSR count). The molecule has 1 atom stereocenters. The number of rotatable bonds is 6. The maximum absolute atomic E-state index is 12.4. The summed E-state index contributed by atoms with van der Waals surface area (Å²) in [6.45, 7) is 2.55. The topological polar surface area (TPSA) is 84.9 Å². The largest absolute Gasteiger partial charge is 0.497 e. The minimum atomic E-state index is -0.907. The average molecular weight is 416 g/mol. The Labute approximate surface area is 173 Å². The van der Waals surface area contributed by atoms with Crippen LogP contribution in [-0.4, -0.2) is 49.0 Å². The number of likely N-dealkylation sites (tertiary alicyclic amines) is 1. The Balaban J connectivity index is 1.46. The van der Waals surface area contributed by atoms with Gasteiger partial charge < -0.3 is 19.7 Å². The molecule has 0 aliphatic carbocycles. The lowest BCUT2D eigenvalue weighted by molar-refractivity contribution is -0.158. The summed E-state index contributed by atoms with van der Waals surface area (Å²) in [5.41, 5.74) is 0.596. The van der Waals surface area contributed by atoms with Crippen LogP contribution in [0.3, 0.4) is 0 Å². The van der Waals surface area contributed by atoms with Crippen LogP contribution < -0.4 is 10.1 Å². The highest BCUT2D eigenvalue weighted by molar-refractivity contribution is 7.12. The van der Waals surface area contributed by atoms with Crippen molar-refractivity contribution < 1.29 is 23.9 Å². The maximum atomic E-state index is 12.4. The number of ether oxygens (including phenoxy) is 2. The van der Waals surface area contributed by atoms with Crippen LogP contribution in [0.4, 0.5) is 5.69 Å². The van der Waals surface area contributed by atoms with Crippen LogP contribution in [0, 0.1) is 5.92 Å². The Kier molecular flexibility index (Phi) is 6.87. The fraction of sp³-hybridized carbons (Fsp3) is 0.381. The van der Waals surface area contributed by atoms with Crippen LogP contribution in [0.5, 0.6) is 5.75 Å². The number of esters is 1. The SMILES string of the molecule is COc1ccc(NC(=O)[C@@H](C)OC(=O)C2CCN(C(=O)c3cccs3)CC2)cc1. The fourth-order valence-corrected chi connectivity index (χ4v) is 3.81. The van der Waals surface area contributed by atoms with Crippen LogP contribution in [0.2, 0.25) is 0 Å². The van der Waals surface area contributed by atoms with Gasteiger partial charge >= 0.3 is 5.97 Å². The second-order valence-electron chi connectivity index (χ2n) is 6.84. The van der Waals surface area contributed by atoms with E-state index in [-0.39, 0.29) is 11.8 Å². The zero-order valence-corrected chi connectivity index (χ0v) is 17.2. The van der Waals surface area contributed by atoms with Crippen molar-refractivity contribution >= 4 is 34.8 Å². The van der Waals surface area contributed by atoms with Gasteiger partial charge in [-0.2, -0.15) is 0 Å². The number of amides is 2. The van der Waals surface area contributed by atoms with Gasteiger partial charge in [-0.3, -0.25) is 14.4 Å². The highest BCUT2D eigenvalue weighted by atomic mass is 32.1. The molecule has 0 spiro atoms. The molecule has 29 heavy (non-hydrogen) atoms. The van der Waals surface area contributed by atoms with Gasteiger partial charge in [0, 0.05) is 18.8 Å². The number of hydrogen-bond donors (Lipinski definition) is 1. The van der Waals surface area contributed by atoms with Gasteiger partial charge in [-0.1, -0.05) is 6.07 Å². The summed E-state index contributed by atoms with van der Waals surface area (Å²) in [7, 11) is 1.57. The average Bonchev–Trinajstić information content (AvgIpc) is 3.28. The molecule has 2 heterocycles. The van der Waals surface area contributed by atoms with Gasteiger partial charge in [0.15, 0.2) is 6.10 Å². The molecule has 0 unspecified atom stereocenters. The summed E-state index contributed by atoms with van der Waals surface area (Å²) in [6, 6.07) is 10.5. The minimum Gasteiger partial charge on any atom is -0.497 e. The quantitative estimate of drug-likeness (QED) is 0.731. The molecule has 1 N–H and O–H groups in total. The predicted molar refractivity (Wildman–Crippen MR) is 110 cm³/mol. The first-order valence-electron chi connectivity index (χ1n) is 9.46. The van der Waals surface area contributed by atoms with Gasteiger partial charge in [-0.25, -0.2) is 0 Å². The highest BCUT2D eigenvalue weighted by Gasteiger charge is 2.31. The molecule has 1 aliphatic heterocycles. The van der Waals surface area contributed by atoms with Gasteiger partial charge in [-0.15, -0.1) is 11.3 Å². The Hall–Kier alpha value is -2.87. The molecule has 2 amide bonds. The molecular formula is C21H24N2O5S. The Morgan fingerprint density at radius 2 is 1.83 bits per heavy atom. The molecular weight excluding hydrogens is 392 g/mol. The van der Waals surface area contributed by atoms with Crippen LogP contribution in [0.25, 0.3) is 0 Å². The summed E-state index contributed by atoms with van der Waals surface area (Å²) < 4.78 is 10.4. The molecule has 7 nitrogen and oxygen atoms in total. The first-order valence-corrected chi connectivity index (χ1v) is 10.3. The molecule has 2 aromatic rings. The van der Waals surface area contributed by atoms with Crippen molar-refractivity contribution in [3.05, 3.63) is 46.7 Å².